The van der Waals surface area contributed by atoms with Gasteiger partial charge in [-0.05, 0) is 24.3 Å². The molecule has 1 aromatic carbocycles. The number of anilines is 1. The van der Waals surface area contributed by atoms with Crippen LogP contribution in [0.15, 0.2) is 36.5 Å². The maximum absolute atomic E-state index is 12.0. The second kappa shape index (κ2) is 5.73. The zero-order valence-corrected chi connectivity index (χ0v) is 13.1. The molecule has 1 saturated heterocycles. The Morgan fingerprint density at radius 2 is 2.09 bits per heavy atom. The van der Waals surface area contributed by atoms with Crippen LogP contribution in [0.5, 0.6) is 0 Å². The van der Waals surface area contributed by atoms with E-state index >= 15 is 0 Å². The number of pyridine rings is 1. The molecule has 6 nitrogen and oxygen atoms in total. The van der Waals surface area contributed by atoms with E-state index in [1.807, 2.05) is 12.1 Å². The predicted octanol–water partition coefficient (Wildman–Crippen LogP) is 1.76. The second-order valence-corrected chi connectivity index (χ2v) is 7.92. The quantitative estimate of drug-likeness (QED) is 0.816. The number of amides is 2. The molecule has 2 N–H and O–H groups in total. The molecule has 8 heteroatoms. The Labute approximate surface area is 132 Å². The van der Waals surface area contributed by atoms with Crippen molar-refractivity contribution in [1.82, 2.24) is 10.3 Å². The van der Waals surface area contributed by atoms with E-state index in [9.17, 15) is 13.2 Å². The Morgan fingerprint density at radius 3 is 2.82 bits per heavy atom. The van der Waals surface area contributed by atoms with Crippen LogP contribution >= 0.6 is 11.6 Å². The molecule has 1 fully saturated rings. The van der Waals surface area contributed by atoms with Crippen LogP contribution in [0.1, 0.15) is 0 Å². The van der Waals surface area contributed by atoms with Gasteiger partial charge in [-0.25, -0.2) is 13.2 Å². The lowest BCUT2D eigenvalue weighted by Crippen LogP contribution is -2.42. The third-order valence-electron chi connectivity index (χ3n) is 3.46. The number of aromatic nitrogens is 1. The van der Waals surface area contributed by atoms with Crippen molar-refractivity contribution in [3.8, 4) is 0 Å². The summed E-state index contributed by atoms with van der Waals surface area (Å²) in [6.07, 6.45) is 1.70. The highest BCUT2D eigenvalue weighted by atomic mass is 35.5. The number of urea groups is 1. The van der Waals surface area contributed by atoms with E-state index in [1.165, 1.54) is 0 Å². The molecule has 116 valence electrons. The normalized spacial score (nSPS) is 23.3. The summed E-state index contributed by atoms with van der Waals surface area (Å²) in [7, 11) is -3.17. The van der Waals surface area contributed by atoms with Gasteiger partial charge in [0.1, 0.15) is 0 Å². The minimum Gasteiger partial charge on any atom is -0.333 e. The number of benzene rings is 1. The van der Waals surface area contributed by atoms with E-state index in [4.69, 9.17) is 11.6 Å². The number of fused-ring (bicyclic) bond motifs is 1. The standard InChI is InChI=1S/C14H14ClN3O3S/c15-11-7-22(20,21)8-13(11)18-14(19)17-10-3-4-12-9(6-10)2-1-5-16-12/h1-6,11,13H,7-8H2,(H2,17,18,19)/t11-,13-/m0/s1. The number of halogens is 1. The van der Waals surface area contributed by atoms with E-state index in [0.717, 1.165) is 10.9 Å². The zero-order valence-electron chi connectivity index (χ0n) is 11.5. The van der Waals surface area contributed by atoms with Gasteiger partial charge in [-0.3, -0.25) is 4.98 Å². The van der Waals surface area contributed by atoms with Crippen molar-refractivity contribution in [3.05, 3.63) is 36.5 Å². The van der Waals surface area contributed by atoms with Gasteiger partial charge in [-0.15, -0.1) is 11.6 Å². The summed E-state index contributed by atoms with van der Waals surface area (Å²) in [6, 6.07) is 7.99. The smallest absolute Gasteiger partial charge is 0.319 e. The van der Waals surface area contributed by atoms with Crippen LogP contribution in [0, 0.1) is 0 Å². The van der Waals surface area contributed by atoms with Gasteiger partial charge in [-0.1, -0.05) is 6.07 Å². The van der Waals surface area contributed by atoms with Crippen molar-refractivity contribution in [1.29, 1.82) is 0 Å². The van der Waals surface area contributed by atoms with Gasteiger partial charge in [-0.2, -0.15) is 0 Å². The lowest BCUT2D eigenvalue weighted by molar-refractivity contribution is 0.249. The van der Waals surface area contributed by atoms with Gasteiger partial charge in [0.2, 0.25) is 0 Å². The molecule has 0 unspecified atom stereocenters. The first kappa shape index (κ1) is 15.1. The fourth-order valence-corrected chi connectivity index (χ4v) is 4.98. The van der Waals surface area contributed by atoms with Crippen molar-refractivity contribution in [2.24, 2.45) is 0 Å². The Balaban J connectivity index is 1.68. The summed E-state index contributed by atoms with van der Waals surface area (Å²) in [6.45, 7) is 0. The molecule has 2 atom stereocenters. The van der Waals surface area contributed by atoms with Crippen LogP contribution in [0.3, 0.4) is 0 Å². The van der Waals surface area contributed by atoms with E-state index < -0.39 is 27.3 Å². The van der Waals surface area contributed by atoms with E-state index in [0.29, 0.717) is 5.69 Å². The van der Waals surface area contributed by atoms with Crippen molar-refractivity contribution >= 4 is 44.1 Å². The molecular weight excluding hydrogens is 326 g/mol. The summed E-state index contributed by atoms with van der Waals surface area (Å²) in [5.41, 5.74) is 1.43. The molecule has 0 saturated carbocycles. The molecule has 2 amide bonds. The first-order valence-electron chi connectivity index (χ1n) is 6.70. The average molecular weight is 340 g/mol. The van der Waals surface area contributed by atoms with Crippen LogP contribution in [0.25, 0.3) is 10.9 Å². The number of hydrogen-bond donors (Lipinski definition) is 2. The lowest BCUT2D eigenvalue weighted by Gasteiger charge is -2.15. The van der Waals surface area contributed by atoms with E-state index in [2.05, 4.69) is 15.6 Å². The Bertz CT molecular complexity index is 825. The molecule has 0 bridgehead atoms. The van der Waals surface area contributed by atoms with E-state index in [-0.39, 0.29) is 11.5 Å². The first-order valence-corrected chi connectivity index (χ1v) is 8.95. The van der Waals surface area contributed by atoms with Crippen molar-refractivity contribution in [3.63, 3.8) is 0 Å². The molecule has 1 aliphatic heterocycles. The number of alkyl halides is 1. The summed E-state index contributed by atoms with van der Waals surface area (Å²) < 4.78 is 22.9. The number of hydrogen-bond acceptors (Lipinski definition) is 4. The summed E-state index contributed by atoms with van der Waals surface area (Å²) >= 11 is 5.96. The third-order valence-corrected chi connectivity index (χ3v) is 5.84. The van der Waals surface area contributed by atoms with Gasteiger partial charge >= 0.3 is 6.03 Å². The number of carbonyl (C=O) groups excluding carboxylic acids is 1. The van der Waals surface area contributed by atoms with Crippen LogP contribution in [-0.2, 0) is 9.84 Å². The number of rotatable bonds is 2. The van der Waals surface area contributed by atoms with Gasteiger partial charge in [0.05, 0.1) is 28.4 Å². The molecule has 0 radical (unpaired) electrons. The van der Waals surface area contributed by atoms with Crippen molar-refractivity contribution in [2.45, 2.75) is 11.4 Å². The maximum atomic E-state index is 12.0. The summed E-state index contributed by atoms with van der Waals surface area (Å²) in [5.74, 6) is -0.239. The van der Waals surface area contributed by atoms with Crippen LogP contribution in [0.2, 0.25) is 0 Å². The lowest BCUT2D eigenvalue weighted by atomic mass is 10.2. The monoisotopic (exact) mass is 339 g/mol. The average Bonchev–Trinajstić information content (AvgIpc) is 2.71. The Kier molecular flexibility index (Phi) is 3.92. The van der Waals surface area contributed by atoms with Gasteiger partial charge < -0.3 is 10.6 Å². The van der Waals surface area contributed by atoms with E-state index in [1.54, 1.807) is 24.4 Å². The van der Waals surface area contributed by atoms with Crippen molar-refractivity contribution in [2.75, 3.05) is 16.8 Å². The topological polar surface area (TPSA) is 88.2 Å². The van der Waals surface area contributed by atoms with Gasteiger partial charge in [0.25, 0.3) is 0 Å². The largest absolute Gasteiger partial charge is 0.333 e. The van der Waals surface area contributed by atoms with Crippen LogP contribution < -0.4 is 10.6 Å². The fourth-order valence-electron chi connectivity index (χ4n) is 2.43. The molecule has 2 aromatic rings. The number of nitrogens with zero attached hydrogens (tertiary/aromatic N) is 1. The molecule has 3 rings (SSSR count). The molecule has 0 aliphatic carbocycles. The summed E-state index contributed by atoms with van der Waals surface area (Å²) in [5, 5.41) is 5.58. The number of carbonyl (C=O) groups is 1. The highest BCUT2D eigenvalue weighted by Gasteiger charge is 2.37. The Morgan fingerprint density at radius 1 is 1.27 bits per heavy atom. The minimum absolute atomic E-state index is 0.110. The van der Waals surface area contributed by atoms with Crippen LogP contribution in [0.4, 0.5) is 10.5 Å². The molecule has 0 spiro atoms. The SMILES string of the molecule is O=C(Nc1ccc2ncccc2c1)N[C@H]1CS(=O)(=O)C[C@@H]1Cl. The zero-order chi connectivity index (χ0) is 15.7. The molecule has 2 heterocycles. The highest BCUT2D eigenvalue weighted by molar-refractivity contribution is 7.91. The highest BCUT2D eigenvalue weighted by Crippen LogP contribution is 2.19. The predicted molar refractivity (Wildman–Crippen MR) is 86.0 cm³/mol. The van der Waals surface area contributed by atoms with Crippen molar-refractivity contribution < 1.29 is 13.2 Å². The number of sulfone groups is 1. The second-order valence-electron chi connectivity index (χ2n) is 5.21. The molecular formula is C14H14ClN3O3S. The van der Waals surface area contributed by atoms with Gasteiger partial charge in [0.15, 0.2) is 9.84 Å². The summed E-state index contributed by atoms with van der Waals surface area (Å²) in [4.78, 5) is 16.2. The maximum Gasteiger partial charge on any atom is 0.319 e. The molecule has 1 aliphatic rings. The fraction of sp³-hybridized carbons (Fsp3) is 0.286. The Hall–Kier alpha value is -1.86. The molecule has 1 aromatic heterocycles. The third kappa shape index (κ3) is 3.31. The minimum atomic E-state index is -3.17. The first-order chi connectivity index (χ1) is 10.4. The van der Waals surface area contributed by atoms with Crippen LogP contribution in [-0.4, -0.2) is 42.4 Å². The van der Waals surface area contributed by atoms with Gasteiger partial charge in [0, 0.05) is 17.3 Å². The molecule has 22 heavy (non-hydrogen) atoms. The number of nitrogens with one attached hydrogen (secondary N) is 2.